The minimum absolute atomic E-state index is 0.492. The largest absolute Gasteiger partial charge is 0.397 e. The number of hydrogen-bond acceptors (Lipinski definition) is 4. The van der Waals surface area contributed by atoms with Crippen molar-refractivity contribution >= 4 is 22.0 Å². The van der Waals surface area contributed by atoms with E-state index in [4.69, 9.17) is 11.0 Å². The molecule has 3 nitrogen and oxygen atoms in total. The topological polar surface area (TPSA) is 61.8 Å². The van der Waals surface area contributed by atoms with E-state index in [0.29, 0.717) is 16.0 Å². The Morgan fingerprint density at radius 2 is 2.38 bits per heavy atom. The summed E-state index contributed by atoms with van der Waals surface area (Å²) in [7, 11) is 0. The van der Waals surface area contributed by atoms with Gasteiger partial charge in [0, 0.05) is 6.54 Å². The Kier molecular flexibility index (Phi) is 3.06. The fraction of sp³-hybridized carbons (Fsp3) is 0.583. The normalized spacial score (nSPS) is 17.5. The summed E-state index contributed by atoms with van der Waals surface area (Å²) in [5.41, 5.74) is 6.80. The van der Waals surface area contributed by atoms with E-state index < -0.39 is 0 Å². The van der Waals surface area contributed by atoms with Crippen LogP contribution < -0.4 is 11.1 Å². The van der Waals surface area contributed by atoms with Crippen molar-refractivity contribution in [1.82, 2.24) is 0 Å². The van der Waals surface area contributed by atoms with Gasteiger partial charge in [0.1, 0.15) is 10.9 Å². The van der Waals surface area contributed by atoms with Crippen LogP contribution in [0.1, 0.15) is 37.5 Å². The number of nitrogens with one attached hydrogen (secondary N) is 1. The average molecular weight is 235 g/mol. The summed E-state index contributed by atoms with van der Waals surface area (Å²) in [4.78, 5) is 0.613. The number of rotatable bonds is 4. The summed E-state index contributed by atoms with van der Waals surface area (Å²) < 4.78 is 0. The zero-order chi connectivity index (χ0) is 11.6. The molecule has 3 N–H and O–H groups in total. The van der Waals surface area contributed by atoms with Crippen LogP contribution in [0.5, 0.6) is 0 Å². The van der Waals surface area contributed by atoms with Crippen LogP contribution >= 0.6 is 11.3 Å². The van der Waals surface area contributed by atoms with Gasteiger partial charge in [0.15, 0.2) is 0 Å². The number of nitrogen functional groups attached to an aromatic ring is 1. The third-order valence-electron chi connectivity index (χ3n) is 3.66. The zero-order valence-corrected chi connectivity index (χ0v) is 10.4. The molecule has 1 aliphatic carbocycles. The third-order valence-corrected chi connectivity index (χ3v) is 4.68. The van der Waals surface area contributed by atoms with Crippen molar-refractivity contribution < 1.29 is 0 Å². The molecule has 1 aromatic rings. The van der Waals surface area contributed by atoms with Crippen molar-refractivity contribution in [2.75, 3.05) is 17.6 Å². The fourth-order valence-electron chi connectivity index (χ4n) is 2.19. The third kappa shape index (κ3) is 2.00. The van der Waals surface area contributed by atoms with E-state index in [2.05, 4.69) is 18.3 Å². The minimum atomic E-state index is 0.492. The molecule has 0 atom stereocenters. The van der Waals surface area contributed by atoms with Crippen LogP contribution in [0.2, 0.25) is 0 Å². The Morgan fingerprint density at radius 3 is 2.81 bits per heavy atom. The van der Waals surface area contributed by atoms with Crippen LogP contribution in [0, 0.1) is 16.7 Å². The van der Waals surface area contributed by atoms with Gasteiger partial charge in [0.2, 0.25) is 0 Å². The van der Waals surface area contributed by atoms with Gasteiger partial charge >= 0.3 is 0 Å². The molecule has 2 rings (SSSR count). The molecule has 0 saturated heterocycles. The van der Waals surface area contributed by atoms with E-state index in [1.54, 1.807) is 0 Å². The predicted octanol–water partition coefficient (Wildman–Crippen LogP) is 3.19. The first kappa shape index (κ1) is 11.3. The molecular weight excluding hydrogens is 218 g/mol. The van der Waals surface area contributed by atoms with Crippen molar-refractivity contribution in [2.24, 2.45) is 5.41 Å². The van der Waals surface area contributed by atoms with E-state index in [1.807, 2.05) is 6.07 Å². The molecule has 0 amide bonds. The smallest absolute Gasteiger partial charge is 0.129 e. The lowest BCUT2D eigenvalue weighted by Gasteiger charge is -2.41. The average Bonchev–Trinajstić information content (AvgIpc) is 2.58. The first-order valence-corrected chi connectivity index (χ1v) is 6.54. The Balaban J connectivity index is 1.97. The highest BCUT2D eigenvalue weighted by Crippen LogP contribution is 2.44. The van der Waals surface area contributed by atoms with E-state index in [9.17, 15) is 0 Å². The highest BCUT2D eigenvalue weighted by atomic mass is 32.1. The number of hydrogen-bond donors (Lipinski definition) is 2. The van der Waals surface area contributed by atoms with E-state index in [0.717, 1.165) is 11.5 Å². The van der Waals surface area contributed by atoms with E-state index >= 15 is 0 Å². The lowest BCUT2D eigenvalue weighted by molar-refractivity contribution is 0.145. The maximum absolute atomic E-state index is 8.82. The first-order chi connectivity index (χ1) is 7.69. The highest BCUT2D eigenvalue weighted by Gasteiger charge is 2.34. The Morgan fingerprint density at radius 1 is 1.62 bits per heavy atom. The maximum atomic E-state index is 8.82. The Labute approximate surface area is 100 Å². The standard InChI is InChI=1S/C12H17N3S/c1-2-12(4-3-5-12)8-15-11-6-9(14)10(7-13)16-11/h6,15H,2-5,8,14H2,1H3. The SMILES string of the molecule is CCC1(CNc2cc(N)c(C#N)s2)CCC1. The van der Waals surface area contributed by atoms with Crippen LogP contribution in [0.4, 0.5) is 10.7 Å². The highest BCUT2D eigenvalue weighted by molar-refractivity contribution is 7.17. The molecule has 1 saturated carbocycles. The van der Waals surface area contributed by atoms with Crippen LogP contribution in [0.25, 0.3) is 0 Å². The molecule has 1 heterocycles. The van der Waals surface area contributed by atoms with Crippen LogP contribution in [0.3, 0.4) is 0 Å². The van der Waals surface area contributed by atoms with Crippen LogP contribution in [0.15, 0.2) is 6.07 Å². The van der Waals surface area contributed by atoms with Gasteiger partial charge in [-0.2, -0.15) is 5.26 Å². The molecule has 0 spiro atoms. The summed E-state index contributed by atoms with van der Waals surface area (Å²) in [5, 5.41) is 13.3. The quantitative estimate of drug-likeness (QED) is 0.842. The van der Waals surface area contributed by atoms with Crippen molar-refractivity contribution in [3.63, 3.8) is 0 Å². The van der Waals surface area contributed by atoms with Crippen molar-refractivity contribution in [1.29, 1.82) is 5.26 Å². The second-order valence-corrected chi connectivity index (χ2v) is 5.62. The molecular formula is C12H17N3S. The minimum Gasteiger partial charge on any atom is -0.397 e. The molecule has 0 unspecified atom stereocenters. The molecule has 86 valence electrons. The van der Waals surface area contributed by atoms with Gasteiger partial charge in [-0.1, -0.05) is 13.3 Å². The van der Waals surface area contributed by atoms with Crippen LogP contribution in [-0.2, 0) is 0 Å². The van der Waals surface area contributed by atoms with E-state index in [-0.39, 0.29) is 0 Å². The number of nitrogens with two attached hydrogens (primary N) is 1. The molecule has 4 heteroatoms. The van der Waals surface area contributed by atoms with Gasteiger partial charge in [0.25, 0.3) is 0 Å². The molecule has 0 aromatic carbocycles. The van der Waals surface area contributed by atoms with E-state index in [1.165, 1.54) is 37.0 Å². The van der Waals surface area contributed by atoms with Gasteiger partial charge in [0.05, 0.1) is 10.7 Å². The van der Waals surface area contributed by atoms with Gasteiger partial charge in [-0.3, -0.25) is 0 Å². The Bertz CT molecular complexity index is 407. The van der Waals surface area contributed by atoms with Crippen LogP contribution in [-0.4, -0.2) is 6.54 Å². The van der Waals surface area contributed by atoms with Crippen molar-refractivity contribution in [3.8, 4) is 6.07 Å². The zero-order valence-electron chi connectivity index (χ0n) is 9.55. The first-order valence-electron chi connectivity index (χ1n) is 5.72. The molecule has 16 heavy (non-hydrogen) atoms. The van der Waals surface area contributed by atoms with Crippen molar-refractivity contribution in [2.45, 2.75) is 32.6 Å². The molecule has 0 aliphatic heterocycles. The summed E-state index contributed by atoms with van der Waals surface area (Å²) in [6, 6.07) is 3.97. The number of nitrogens with zero attached hydrogens (tertiary/aromatic N) is 1. The molecule has 0 radical (unpaired) electrons. The monoisotopic (exact) mass is 235 g/mol. The number of nitriles is 1. The van der Waals surface area contributed by atoms with Gasteiger partial charge in [-0.25, -0.2) is 0 Å². The fourth-order valence-corrected chi connectivity index (χ4v) is 2.96. The lowest BCUT2D eigenvalue weighted by atomic mass is 9.67. The summed E-state index contributed by atoms with van der Waals surface area (Å²) in [6.45, 7) is 3.26. The Hall–Kier alpha value is -1.21. The molecule has 0 bridgehead atoms. The molecule has 1 fully saturated rings. The summed E-state index contributed by atoms with van der Waals surface area (Å²) >= 11 is 1.45. The second-order valence-electron chi connectivity index (χ2n) is 4.57. The molecule has 1 aromatic heterocycles. The lowest BCUT2D eigenvalue weighted by Crippen LogP contribution is -2.35. The van der Waals surface area contributed by atoms with Gasteiger partial charge < -0.3 is 11.1 Å². The molecule has 1 aliphatic rings. The number of thiophene rings is 1. The number of anilines is 2. The summed E-state index contributed by atoms with van der Waals surface area (Å²) in [6.07, 6.45) is 5.22. The van der Waals surface area contributed by atoms with Gasteiger partial charge in [-0.05, 0) is 30.7 Å². The second kappa shape index (κ2) is 4.34. The van der Waals surface area contributed by atoms with Crippen molar-refractivity contribution in [3.05, 3.63) is 10.9 Å². The predicted molar refractivity (Wildman–Crippen MR) is 68.5 cm³/mol. The summed E-state index contributed by atoms with van der Waals surface area (Å²) in [5.74, 6) is 0. The van der Waals surface area contributed by atoms with Gasteiger partial charge in [-0.15, -0.1) is 11.3 Å². The maximum Gasteiger partial charge on any atom is 0.129 e.